The minimum atomic E-state index is -0.218. The van der Waals surface area contributed by atoms with Crippen LogP contribution in [0.1, 0.15) is 44.1 Å². The molecule has 0 spiro atoms. The minimum absolute atomic E-state index is 0.165. The van der Waals surface area contributed by atoms with Gasteiger partial charge in [-0.1, -0.05) is 43.2 Å². The van der Waals surface area contributed by atoms with E-state index in [0.29, 0.717) is 12.6 Å². The van der Waals surface area contributed by atoms with Crippen LogP contribution in [0.4, 0.5) is 0 Å². The zero-order chi connectivity index (χ0) is 14.4. The van der Waals surface area contributed by atoms with Crippen LogP contribution in [0.15, 0.2) is 30.3 Å². The van der Waals surface area contributed by atoms with E-state index < -0.39 is 0 Å². The van der Waals surface area contributed by atoms with Crippen molar-refractivity contribution in [2.24, 2.45) is 5.92 Å². The van der Waals surface area contributed by atoms with E-state index in [1.54, 1.807) is 0 Å². The molecule has 20 heavy (non-hydrogen) atoms. The van der Waals surface area contributed by atoms with Gasteiger partial charge in [-0.2, -0.15) is 0 Å². The molecule has 1 N–H and O–H groups in total. The molecule has 1 aliphatic carbocycles. The van der Waals surface area contributed by atoms with Gasteiger partial charge < -0.3 is 10.1 Å². The first kappa shape index (κ1) is 15.0. The van der Waals surface area contributed by atoms with E-state index >= 15 is 0 Å². The Morgan fingerprint density at radius 3 is 2.55 bits per heavy atom. The Bertz CT molecular complexity index is 412. The molecule has 1 unspecified atom stereocenters. The predicted molar refractivity (Wildman–Crippen MR) is 80.6 cm³/mol. The molecule has 0 aromatic heterocycles. The average molecular weight is 275 g/mol. The van der Waals surface area contributed by atoms with Crippen LogP contribution in [0, 0.1) is 5.92 Å². The number of benzene rings is 1. The van der Waals surface area contributed by atoms with Gasteiger partial charge in [-0.3, -0.25) is 4.79 Å². The molecule has 110 valence electrons. The molecule has 3 nitrogen and oxygen atoms in total. The van der Waals surface area contributed by atoms with E-state index in [2.05, 4.69) is 12.2 Å². The molecule has 1 fully saturated rings. The lowest BCUT2D eigenvalue weighted by Gasteiger charge is -2.23. The summed E-state index contributed by atoms with van der Waals surface area (Å²) in [4.78, 5) is 12.0. The molecule has 0 aliphatic heterocycles. The van der Waals surface area contributed by atoms with Crippen LogP contribution in [0.2, 0.25) is 0 Å². The van der Waals surface area contributed by atoms with E-state index in [1.807, 2.05) is 30.3 Å². The minimum Gasteiger partial charge on any atom is -0.469 e. The Labute approximate surface area is 121 Å². The van der Waals surface area contributed by atoms with Gasteiger partial charge in [-0.25, -0.2) is 0 Å². The summed E-state index contributed by atoms with van der Waals surface area (Å²) in [5.41, 5.74) is 1.02. The molecule has 0 bridgehead atoms. The SMILES string of the molecule is COC(=O)C(CN[C@@H](C)C1CCCC1)c1ccccc1. The molecular weight excluding hydrogens is 250 g/mol. The topological polar surface area (TPSA) is 38.3 Å². The van der Waals surface area contributed by atoms with E-state index in [1.165, 1.54) is 32.8 Å². The highest BCUT2D eigenvalue weighted by Crippen LogP contribution is 2.28. The molecule has 0 heterocycles. The lowest BCUT2D eigenvalue weighted by Crippen LogP contribution is -2.37. The van der Waals surface area contributed by atoms with E-state index in [0.717, 1.165) is 11.5 Å². The second-order valence-corrected chi connectivity index (χ2v) is 5.73. The third-order valence-corrected chi connectivity index (χ3v) is 4.44. The second kappa shape index (κ2) is 7.44. The zero-order valence-electron chi connectivity index (χ0n) is 12.5. The quantitative estimate of drug-likeness (QED) is 0.811. The van der Waals surface area contributed by atoms with Crippen LogP contribution in [-0.2, 0) is 9.53 Å². The summed E-state index contributed by atoms with van der Waals surface area (Å²) < 4.78 is 4.95. The number of esters is 1. The summed E-state index contributed by atoms with van der Waals surface area (Å²) >= 11 is 0. The zero-order valence-corrected chi connectivity index (χ0v) is 12.5. The van der Waals surface area contributed by atoms with Gasteiger partial charge in [-0.05, 0) is 31.2 Å². The molecule has 1 aromatic carbocycles. The summed E-state index contributed by atoms with van der Waals surface area (Å²) in [5.74, 6) is 0.372. The standard InChI is InChI=1S/C17H25NO2/c1-13(14-8-6-7-9-14)18-12-16(17(19)20-2)15-10-4-3-5-11-15/h3-5,10-11,13-14,16,18H,6-9,12H2,1-2H3/t13-,16?/m0/s1. The first-order valence-electron chi connectivity index (χ1n) is 7.58. The number of carbonyl (C=O) groups excluding carboxylic acids is 1. The monoisotopic (exact) mass is 275 g/mol. The van der Waals surface area contributed by atoms with Gasteiger partial charge in [0.1, 0.15) is 0 Å². The fourth-order valence-electron chi connectivity index (χ4n) is 3.09. The molecule has 1 saturated carbocycles. The van der Waals surface area contributed by atoms with Gasteiger partial charge in [0, 0.05) is 12.6 Å². The van der Waals surface area contributed by atoms with Crippen LogP contribution in [0.25, 0.3) is 0 Å². The van der Waals surface area contributed by atoms with Gasteiger partial charge in [0.25, 0.3) is 0 Å². The summed E-state index contributed by atoms with van der Waals surface area (Å²) in [6, 6.07) is 10.3. The Hall–Kier alpha value is -1.35. The first-order chi connectivity index (χ1) is 9.72. The molecule has 0 radical (unpaired) electrons. The lowest BCUT2D eigenvalue weighted by molar-refractivity contribution is -0.142. The highest BCUT2D eigenvalue weighted by molar-refractivity contribution is 5.78. The smallest absolute Gasteiger partial charge is 0.314 e. The fourth-order valence-corrected chi connectivity index (χ4v) is 3.09. The Kier molecular flexibility index (Phi) is 5.60. The Morgan fingerprint density at radius 2 is 1.95 bits per heavy atom. The van der Waals surface area contributed by atoms with Crippen molar-refractivity contribution < 1.29 is 9.53 Å². The van der Waals surface area contributed by atoms with Crippen molar-refractivity contribution in [3.8, 4) is 0 Å². The number of nitrogens with one attached hydrogen (secondary N) is 1. The normalized spacial score (nSPS) is 18.7. The summed E-state index contributed by atoms with van der Waals surface area (Å²) in [6.45, 7) is 2.88. The van der Waals surface area contributed by atoms with Crippen LogP contribution < -0.4 is 5.32 Å². The number of carbonyl (C=O) groups is 1. The van der Waals surface area contributed by atoms with Crippen molar-refractivity contribution in [2.45, 2.75) is 44.6 Å². The average Bonchev–Trinajstić information content (AvgIpc) is 3.02. The van der Waals surface area contributed by atoms with Crippen molar-refractivity contribution in [2.75, 3.05) is 13.7 Å². The number of hydrogen-bond acceptors (Lipinski definition) is 3. The largest absolute Gasteiger partial charge is 0.469 e. The van der Waals surface area contributed by atoms with Gasteiger partial charge in [0.2, 0.25) is 0 Å². The molecule has 0 saturated heterocycles. The third kappa shape index (κ3) is 3.83. The van der Waals surface area contributed by atoms with E-state index in [4.69, 9.17) is 4.74 Å². The van der Waals surface area contributed by atoms with Crippen molar-refractivity contribution in [3.63, 3.8) is 0 Å². The second-order valence-electron chi connectivity index (χ2n) is 5.73. The van der Waals surface area contributed by atoms with Crippen molar-refractivity contribution in [1.82, 2.24) is 5.32 Å². The maximum atomic E-state index is 12.0. The van der Waals surface area contributed by atoms with Gasteiger partial charge in [-0.15, -0.1) is 0 Å². The summed E-state index contributed by atoms with van der Waals surface area (Å²) in [6.07, 6.45) is 5.30. The van der Waals surface area contributed by atoms with Crippen molar-refractivity contribution >= 4 is 5.97 Å². The molecule has 2 rings (SSSR count). The fraction of sp³-hybridized carbons (Fsp3) is 0.588. The van der Waals surface area contributed by atoms with Crippen molar-refractivity contribution in [1.29, 1.82) is 0 Å². The van der Waals surface area contributed by atoms with Crippen LogP contribution >= 0.6 is 0 Å². The van der Waals surface area contributed by atoms with Crippen LogP contribution in [-0.4, -0.2) is 25.7 Å². The van der Waals surface area contributed by atoms with Crippen LogP contribution in [0.5, 0.6) is 0 Å². The maximum absolute atomic E-state index is 12.0. The Balaban J connectivity index is 1.96. The highest BCUT2D eigenvalue weighted by Gasteiger charge is 2.25. The molecule has 0 amide bonds. The van der Waals surface area contributed by atoms with Gasteiger partial charge in [0.15, 0.2) is 0 Å². The van der Waals surface area contributed by atoms with Gasteiger partial charge >= 0.3 is 5.97 Å². The maximum Gasteiger partial charge on any atom is 0.314 e. The number of ether oxygens (including phenoxy) is 1. The number of hydrogen-bond donors (Lipinski definition) is 1. The van der Waals surface area contributed by atoms with Crippen molar-refractivity contribution in [3.05, 3.63) is 35.9 Å². The highest BCUT2D eigenvalue weighted by atomic mass is 16.5. The number of methoxy groups -OCH3 is 1. The summed E-state index contributed by atoms with van der Waals surface area (Å²) in [7, 11) is 1.46. The molecule has 2 atom stereocenters. The number of rotatable bonds is 6. The van der Waals surface area contributed by atoms with E-state index in [9.17, 15) is 4.79 Å². The van der Waals surface area contributed by atoms with Crippen LogP contribution in [0.3, 0.4) is 0 Å². The molecule has 3 heteroatoms. The first-order valence-corrected chi connectivity index (χ1v) is 7.58. The van der Waals surface area contributed by atoms with E-state index in [-0.39, 0.29) is 11.9 Å². The summed E-state index contributed by atoms with van der Waals surface area (Å²) in [5, 5.41) is 3.54. The lowest BCUT2D eigenvalue weighted by atomic mass is 9.96. The molecule has 1 aromatic rings. The molecular formula is C17H25NO2. The predicted octanol–water partition coefficient (Wildman–Crippen LogP) is 3.11. The molecule has 1 aliphatic rings. The van der Waals surface area contributed by atoms with Gasteiger partial charge in [0.05, 0.1) is 13.0 Å². The third-order valence-electron chi connectivity index (χ3n) is 4.44. The Morgan fingerprint density at radius 1 is 1.30 bits per heavy atom.